The summed E-state index contributed by atoms with van der Waals surface area (Å²) in [4.78, 5) is 11.3. The smallest absolute Gasteiger partial charge is 0.323 e. The van der Waals surface area contributed by atoms with Crippen molar-refractivity contribution in [3.63, 3.8) is 0 Å². The van der Waals surface area contributed by atoms with E-state index in [1.165, 1.54) is 21.2 Å². The molecule has 0 bridgehead atoms. The second kappa shape index (κ2) is 5.49. The van der Waals surface area contributed by atoms with E-state index in [1.807, 2.05) is 29.7 Å². The molecule has 4 rings (SSSR count). The van der Waals surface area contributed by atoms with E-state index in [0.29, 0.717) is 0 Å². The highest BCUT2D eigenvalue weighted by Crippen LogP contribution is 2.41. The molecule has 0 amide bonds. The Morgan fingerprint density at radius 1 is 1.12 bits per heavy atom. The van der Waals surface area contributed by atoms with Gasteiger partial charge in [-0.15, -0.1) is 11.3 Å². The lowest BCUT2D eigenvalue weighted by molar-refractivity contribution is -0.137. The van der Waals surface area contributed by atoms with Crippen LogP contribution in [0, 0.1) is 13.8 Å². The summed E-state index contributed by atoms with van der Waals surface area (Å²) in [7, 11) is 0. The number of thiophene rings is 1. The molecule has 2 aromatic heterocycles. The Morgan fingerprint density at radius 3 is 2.71 bits per heavy atom. The number of aromatic nitrogens is 1. The van der Waals surface area contributed by atoms with Gasteiger partial charge in [0, 0.05) is 37.8 Å². The predicted molar refractivity (Wildman–Crippen MR) is 99.9 cm³/mol. The maximum absolute atomic E-state index is 11.3. The normalized spacial score (nSPS) is 11.4. The number of hydrogen-bond donors (Lipinski definition) is 1. The highest BCUT2D eigenvalue weighted by atomic mass is 32.1. The molecule has 0 radical (unpaired) electrons. The van der Waals surface area contributed by atoms with Crippen molar-refractivity contribution in [1.82, 2.24) is 4.57 Å². The highest BCUT2D eigenvalue weighted by Gasteiger charge is 2.19. The van der Waals surface area contributed by atoms with Crippen molar-refractivity contribution >= 4 is 38.3 Å². The van der Waals surface area contributed by atoms with Crippen LogP contribution >= 0.6 is 11.3 Å². The summed E-state index contributed by atoms with van der Waals surface area (Å²) >= 11 is 1.73. The number of aryl methyl sites for hydroxylation is 1. The Kier molecular flexibility index (Phi) is 3.43. The minimum atomic E-state index is -0.822. The third kappa shape index (κ3) is 2.22. The standard InChI is InChI=1S/C20H17NO2S/c1-12-7-8-17-15(9-12)20(13(2)21(17)10-19(22)23)16-11-24-18-6-4-3-5-14(16)18/h3-9,11H,10H2,1-2H3,(H,22,23). The lowest BCUT2D eigenvalue weighted by atomic mass is 10.0. The zero-order chi connectivity index (χ0) is 16.8. The molecular formula is C20H17NO2S. The van der Waals surface area contributed by atoms with Crippen LogP contribution in [0.4, 0.5) is 0 Å². The van der Waals surface area contributed by atoms with Gasteiger partial charge in [-0.05, 0) is 37.4 Å². The third-order valence-corrected chi connectivity index (χ3v) is 5.49. The lowest BCUT2D eigenvalue weighted by Crippen LogP contribution is -2.09. The molecule has 1 N–H and O–H groups in total. The van der Waals surface area contributed by atoms with Crippen molar-refractivity contribution in [3.8, 4) is 11.1 Å². The van der Waals surface area contributed by atoms with E-state index in [0.717, 1.165) is 22.2 Å². The molecule has 0 fully saturated rings. The summed E-state index contributed by atoms with van der Waals surface area (Å²) < 4.78 is 3.15. The van der Waals surface area contributed by atoms with E-state index < -0.39 is 5.97 Å². The fourth-order valence-corrected chi connectivity index (χ4v) is 4.40. The van der Waals surface area contributed by atoms with Crippen LogP contribution in [-0.4, -0.2) is 15.6 Å². The molecule has 0 aliphatic rings. The number of rotatable bonds is 3. The molecule has 24 heavy (non-hydrogen) atoms. The molecule has 0 spiro atoms. The van der Waals surface area contributed by atoms with Gasteiger partial charge in [0.15, 0.2) is 0 Å². The van der Waals surface area contributed by atoms with Gasteiger partial charge in [-0.1, -0.05) is 29.8 Å². The van der Waals surface area contributed by atoms with Gasteiger partial charge in [-0.25, -0.2) is 0 Å². The van der Waals surface area contributed by atoms with E-state index >= 15 is 0 Å². The first-order valence-corrected chi connectivity index (χ1v) is 8.72. The van der Waals surface area contributed by atoms with Crippen LogP contribution in [0.5, 0.6) is 0 Å². The second-order valence-electron chi connectivity index (χ2n) is 6.11. The number of nitrogens with zero attached hydrogens (tertiary/aromatic N) is 1. The predicted octanol–water partition coefficient (Wildman–Crippen LogP) is 5.22. The zero-order valence-electron chi connectivity index (χ0n) is 13.5. The van der Waals surface area contributed by atoms with Crippen LogP contribution < -0.4 is 0 Å². The van der Waals surface area contributed by atoms with Crippen molar-refractivity contribution in [3.05, 3.63) is 59.1 Å². The number of aliphatic carboxylic acids is 1. The summed E-state index contributed by atoms with van der Waals surface area (Å²) in [5.41, 5.74) is 5.49. The molecule has 0 unspecified atom stereocenters. The first-order valence-electron chi connectivity index (χ1n) is 7.84. The van der Waals surface area contributed by atoms with Crippen LogP contribution in [0.2, 0.25) is 0 Å². The van der Waals surface area contributed by atoms with Crippen molar-refractivity contribution < 1.29 is 9.90 Å². The molecular weight excluding hydrogens is 318 g/mol. The Balaban J connectivity index is 2.09. The quantitative estimate of drug-likeness (QED) is 0.557. The molecule has 3 nitrogen and oxygen atoms in total. The number of benzene rings is 2. The fourth-order valence-electron chi connectivity index (χ4n) is 3.45. The van der Waals surface area contributed by atoms with Gasteiger partial charge in [0.2, 0.25) is 0 Å². The van der Waals surface area contributed by atoms with Gasteiger partial charge in [-0.3, -0.25) is 4.79 Å². The largest absolute Gasteiger partial charge is 0.480 e. The van der Waals surface area contributed by atoms with Crippen LogP contribution in [0.25, 0.3) is 32.1 Å². The lowest BCUT2D eigenvalue weighted by Gasteiger charge is -2.05. The van der Waals surface area contributed by atoms with E-state index in [2.05, 4.69) is 36.6 Å². The Labute approximate surface area is 143 Å². The molecule has 0 saturated carbocycles. The maximum Gasteiger partial charge on any atom is 0.323 e. The van der Waals surface area contributed by atoms with Crippen molar-refractivity contribution in [2.45, 2.75) is 20.4 Å². The minimum Gasteiger partial charge on any atom is -0.480 e. The average Bonchev–Trinajstić information content (AvgIpc) is 3.07. The highest BCUT2D eigenvalue weighted by molar-refractivity contribution is 7.17. The molecule has 4 heteroatoms. The van der Waals surface area contributed by atoms with Gasteiger partial charge < -0.3 is 9.67 Å². The Hall–Kier alpha value is -2.59. The second-order valence-corrected chi connectivity index (χ2v) is 7.02. The Morgan fingerprint density at radius 2 is 1.92 bits per heavy atom. The molecule has 2 heterocycles. The fraction of sp³-hybridized carbons (Fsp3) is 0.150. The third-order valence-electron chi connectivity index (χ3n) is 4.52. The van der Waals surface area contributed by atoms with E-state index in [9.17, 15) is 9.90 Å². The van der Waals surface area contributed by atoms with Crippen LogP contribution in [0.3, 0.4) is 0 Å². The monoisotopic (exact) mass is 335 g/mol. The van der Waals surface area contributed by atoms with Gasteiger partial charge >= 0.3 is 5.97 Å². The topological polar surface area (TPSA) is 42.2 Å². The average molecular weight is 335 g/mol. The molecule has 0 aliphatic carbocycles. The molecule has 4 aromatic rings. The number of carbonyl (C=O) groups is 1. The maximum atomic E-state index is 11.3. The van der Waals surface area contributed by atoms with E-state index in [4.69, 9.17) is 0 Å². The van der Waals surface area contributed by atoms with Crippen molar-refractivity contribution in [2.75, 3.05) is 0 Å². The van der Waals surface area contributed by atoms with Crippen LogP contribution in [-0.2, 0) is 11.3 Å². The summed E-state index contributed by atoms with van der Waals surface area (Å²) in [6.45, 7) is 4.06. The molecule has 2 aromatic carbocycles. The zero-order valence-corrected chi connectivity index (χ0v) is 14.4. The first kappa shape index (κ1) is 15.0. The molecule has 120 valence electrons. The summed E-state index contributed by atoms with van der Waals surface area (Å²) in [6.07, 6.45) is 0. The number of hydrogen-bond acceptors (Lipinski definition) is 2. The first-order chi connectivity index (χ1) is 11.6. The van der Waals surface area contributed by atoms with E-state index in [1.54, 1.807) is 11.3 Å². The van der Waals surface area contributed by atoms with Crippen LogP contribution in [0.15, 0.2) is 47.8 Å². The van der Waals surface area contributed by atoms with Gasteiger partial charge in [-0.2, -0.15) is 0 Å². The van der Waals surface area contributed by atoms with Gasteiger partial charge in [0.1, 0.15) is 6.54 Å². The number of carboxylic acid groups (broad SMARTS) is 1. The number of carboxylic acids is 1. The minimum absolute atomic E-state index is 0.0204. The van der Waals surface area contributed by atoms with Crippen LogP contribution in [0.1, 0.15) is 11.3 Å². The summed E-state index contributed by atoms with van der Waals surface area (Å²) in [6, 6.07) is 14.6. The van der Waals surface area contributed by atoms with Gasteiger partial charge in [0.05, 0.1) is 0 Å². The Bertz CT molecular complexity index is 1090. The SMILES string of the molecule is Cc1ccc2c(c1)c(-c1csc3ccccc13)c(C)n2CC(=O)O. The van der Waals surface area contributed by atoms with Crippen molar-refractivity contribution in [1.29, 1.82) is 0 Å². The van der Waals surface area contributed by atoms with Crippen molar-refractivity contribution in [2.24, 2.45) is 0 Å². The summed E-state index contributed by atoms with van der Waals surface area (Å²) in [5.74, 6) is -0.822. The van der Waals surface area contributed by atoms with E-state index in [-0.39, 0.29) is 6.54 Å². The van der Waals surface area contributed by atoms with Gasteiger partial charge in [0.25, 0.3) is 0 Å². The molecule has 0 atom stereocenters. The summed E-state index contributed by atoms with van der Waals surface area (Å²) in [5, 5.41) is 13.8. The molecule has 0 saturated heterocycles. The number of fused-ring (bicyclic) bond motifs is 2. The molecule has 0 aliphatic heterocycles.